The Morgan fingerprint density at radius 2 is 1.96 bits per heavy atom. The van der Waals surface area contributed by atoms with Crippen molar-refractivity contribution in [3.63, 3.8) is 0 Å². The Kier molecular flexibility index (Phi) is 10.6. The molecule has 0 aliphatic heterocycles. The molecule has 0 aliphatic rings. The highest BCUT2D eigenvalue weighted by Crippen LogP contribution is 2.24. The quantitative estimate of drug-likeness (QED) is 0.221. The van der Waals surface area contributed by atoms with Crippen LogP contribution >= 0.6 is 51.7 Å². The molecule has 2 N–H and O–H groups in total. The van der Waals surface area contributed by atoms with Gasteiger partial charge in [0.1, 0.15) is 12.3 Å². The zero-order valence-corrected chi connectivity index (χ0v) is 20.2. The lowest BCUT2D eigenvalue weighted by Crippen LogP contribution is -2.40. The third-order valence-corrected chi connectivity index (χ3v) is 5.14. The third kappa shape index (κ3) is 7.87. The molecule has 1 aromatic heterocycles. The number of thioether (sulfide) groups is 1. The Labute approximate surface area is 185 Å². The highest BCUT2D eigenvalue weighted by molar-refractivity contribution is 14.0. The number of guanidine groups is 1. The molecule has 1 atom stereocenters. The summed E-state index contributed by atoms with van der Waals surface area (Å²) >= 11 is 5.30. The lowest BCUT2D eigenvalue weighted by Gasteiger charge is -2.15. The second-order valence-corrected chi connectivity index (χ2v) is 8.14. The number of rotatable bonds is 7. The average Bonchev–Trinajstić information content (AvgIpc) is 2.90. The van der Waals surface area contributed by atoms with Gasteiger partial charge in [-0.1, -0.05) is 22.9 Å². The van der Waals surface area contributed by atoms with Crippen LogP contribution in [0.15, 0.2) is 43.0 Å². The highest BCUT2D eigenvalue weighted by Gasteiger charge is 2.08. The van der Waals surface area contributed by atoms with E-state index < -0.39 is 0 Å². The van der Waals surface area contributed by atoms with Crippen LogP contribution in [0.2, 0.25) is 0 Å². The molecule has 0 aliphatic carbocycles. The maximum Gasteiger partial charge on any atom is 0.216 e. The average molecular weight is 553 g/mol. The minimum Gasteiger partial charge on any atom is -0.444 e. The number of aryl methyl sites for hydroxylation is 2. The van der Waals surface area contributed by atoms with Gasteiger partial charge in [0.25, 0.3) is 0 Å². The first-order valence-corrected chi connectivity index (χ1v) is 10.0. The Morgan fingerprint density at radius 1 is 1.27 bits per heavy atom. The monoisotopic (exact) mass is 552 g/mol. The van der Waals surface area contributed by atoms with Crippen molar-refractivity contribution in [2.24, 2.45) is 4.99 Å². The van der Waals surface area contributed by atoms with Crippen molar-refractivity contribution >= 4 is 57.6 Å². The largest absolute Gasteiger partial charge is 0.444 e. The molecular formula is C18H26BrIN4OS. The van der Waals surface area contributed by atoms with Crippen molar-refractivity contribution < 1.29 is 4.42 Å². The van der Waals surface area contributed by atoms with Crippen LogP contribution in [0.1, 0.15) is 31.2 Å². The predicted molar refractivity (Wildman–Crippen MR) is 124 cm³/mol. The van der Waals surface area contributed by atoms with Crippen molar-refractivity contribution in [2.45, 2.75) is 44.4 Å². The Morgan fingerprint density at radius 3 is 2.54 bits per heavy atom. The molecule has 8 heteroatoms. The van der Waals surface area contributed by atoms with Gasteiger partial charge >= 0.3 is 0 Å². The number of aliphatic imine (C=N–C) groups is 1. The standard InChI is InChI=1S/C18H25BrN4OS.HI/c1-5-20-18(22-11-17-23-13(3)14(4)24-17)21-10-12(2)25-16-8-6-15(19)7-9-16;/h6-9,12H,5,10-11H2,1-4H3,(H2,20,21,22);1H. The van der Waals surface area contributed by atoms with E-state index in [2.05, 4.69) is 74.7 Å². The summed E-state index contributed by atoms with van der Waals surface area (Å²) in [5, 5.41) is 7.05. The third-order valence-electron chi connectivity index (χ3n) is 3.50. The highest BCUT2D eigenvalue weighted by atomic mass is 127. The van der Waals surface area contributed by atoms with Gasteiger partial charge in [-0.2, -0.15) is 0 Å². The van der Waals surface area contributed by atoms with Gasteiger partial charge in [0.2, 0.25) is 5.89 Å². The first-order chi connectivity index (χ1) is 12.0. The molecule has 144 valence electrons. The second-order valence-electron chi connectivity index (χ2n) is 5.71. The van der Waals surface area contributed by atoms with Gasteiger partial charge in [0.15, 0.2) is 5.96 Å². The van der Waals surface area contributed by atoms with Gasteiger partial charge in [-0.3, -0.25) is 0 Å². The van der Waals surface area contributed by atoms with Crippen molar-refractivity contribution in [1.82, 2.24) is 15.6 Å². The Hall–Kier alpha value is -0.740. The van der Waals surface area contributed by atoms with E-state index in [1.54, 1.807) is 0 Å². The summed E-state index contributed by atoms with van der Waals surface area (Å²) in [7, 11) is 0. The predicted octanol–water partition coefficient (Wildman–Crippen LogP) is 4.91. The second kappa shape index (κ2) is 11.9. The maximum absolute atomic E-state index is 5.58. The molecule has 0 saturated carbocycles. The molecule has 1 aromatic carbocycles. The fourth-order valence-electron chi connectivity index (χ4n) is 2.12. The smallest absolute Gasteiger partial charge is 0.216 e. The fraction of sp³-hybridized carbons (Fsp3) is 0.444. The molecule has 2 aromatic rings. The van der Waals surface area contributed by atoms with Crippen LogP contribution in [0.25, 0.3) is 0 Å². The van der Waals surface area contributed by atoms with E-state index in [0.717, 1.165) is 35.0 Å². The van der Waals surface area contributed by atoms with E-state index >= 15 is 0 Å². The van der Waals surface area contributed by atoms with Crippen LogP contribution in [-0.4, -0.2) is 29.3 Å². The van der Waals surface area contributed by atoms with Crippen LogP contribution in [0.3, 0.4) is 0 Å². The minimum atomic E-state index is 0. The lowest BCUT2D eigenvalue weighted by molar-refractivity contribution is 0.473. The Bertz CT molecular complexity index is 686. The van der Waals surface area contributed by atoms with Gasteiger partial charge in [-0.15, -0.1) is 35.7 Å². The summed E-state index contributed by atoms with van der Waals surface area (Å²) in [4.78, 5) is 10.2. The first kappa shape index (κ1) is 23.3. The molecule has 2 rings (SSSR count). The number of hydrogen-bond donors (Lipinski definition) is 2. The summed E-state index contributed by atoms with van der Waals surface area (Å²) in [6, 6.07) is 8.37. The molecule has 5 nitrogen and oxygen atoms in total. The first-order valence-electron chi connectivity index (χ1n) is 8.35. The number of halogens is 2. The van der Waals surface area contributed by atoms with E-state index in [0.29, 0.717) is 17.7 Å². The molecule has 26 heavy (non-hydrogen) atoms. The van der Waals surface area contributed by atoms with Crippen LogP contribution < -0.4 is 10.6 Å². The van der Waals surface area contributed by atoms with Crippen molar-refractivity contribution in [2.75, 3.05) is 13.1 Å². The topological polar surface area (TPSA) is 62.5 Å². The van der Waals surface area contributed by atoms with E-state index in [1.807, 2.05) is 25.6 Å². The number of nitrogens with one attached hydrogen (secondary N) is 2. The van der Waals surface area contributed by atoms with Gasteiger partial charge in [0.05, 0.1) is 5.69 Å². The molecule has 0 spiro atoms. The van der Waals surface area contributed by atoms with E-state index in [9.17, 15) is 0 Å². The van der Waals surface area contributed by atoms with E-state index in [1.165, 1.54) is 4.90 Å². The normalized spacial score (nSPS) is 12.4. The summed E-state index contributed by atoms with van der Waals surface area (Å²) < 4.78 is 6.67. The fourth-order valence-corrected chi connectivity index (χ4v) is 3.31. The van der Waals surface area contributed by atoms with Crippen LogP contribution in [-0.2, 0) is 6.54 Å². The molecule has 0 amide bonds. The number of benzene rings is 1. The zero-order valence-electron chi connectivity index (χ0n) is 15.5. The number of hydrogen-bond acceptors (Lipinski definition) is 4. The SMILES string of the molecule is CCNC(=NCc1nc(C)c(C)o1)NCC(C)Sc1ccc(Br)cc1.I. The van der Waals surface area contributed by atoms with Crippen LogP contribution in [0.5, 0.6) is 0 Å². The summed E-state index contributed by atoms with van der Waals surface area (Å²) in [5.41, 5.74) is 0.919. The van der Waals surface area contributed by atoms with Crippen molar-refractivity contribution in [3.8, 4) is 0 Å². The summed E-state index contributed by atoms with van der Waals surface area (Å²) in [5.74, 6) is 2.27. The Balaban J connectivity index is 0.00000338. The molecule has 0 saturated heterocycles. The maximum atomic E-state index is 5.58. The van der Waals surface area contributed by atoms with E-state index in [-0.39, 0.29) is 24.0 Å². The molecule has 0 fully saturated rings. The molecule has 0 bridgehead atoms. The van der Waals surface area contributed by atoms with Gasteiger partial charge in [-0.25, -0.2) is 9.98 Å². The van der Waals surface area contributed by atoms with Crippen LogP contribution in [0, 0.1) is 13.8 Å². The summed E-state index contributed by atoms with van der Waals surface area (Å²) in [6.07, 6.45) is 0. The van der Waals surface area contributed by atoms with Gasteiger partial charge in [-0.05, 0) is 45.0 Å². The van der Waals surface area contributed by atoms with Gasteiger partial charge < -0.3 is 15.1 Å². The van der Waals surface area contributed by atoms with Crippen molar-refractivity contribution in [1.29, 1.82) is 0 Å². The lowest BCUT2D eigenvalue weighted by atomic mass is 10.4. The van der Waals surface area contributed by atoms with Crippen molar-refractivity contribution in [3.05, 3.63) is 46.1 Å². The molecule has 1 heterocycles. The van der Waals surface area contributed by atoms with Gasteiger partial charge in [0, 0.05) is 27.7 Å². The molecular weight excluding hydrogens is 527 g/mol. The molecule has 1 unspecified atom stereocenters. The van der Waals surface area contributed by atoms with Crippen LogP contribution in [0.4, 0.5) is 0 Å². The number of aromatic nitrogens is 1. The molecule has 0 radical (unpaired) electrons. The van der Waals surface area contributed by atoms with E-state index in [4.69, 9.17) is 4.42 Å². The number of nitrogens with zero attached hydrogens (tertiary/aromatic N) is 2. The minimum absolute atomic E-state index is 0. The summed E-state index contributed by atoms with van der Waals surface area (Å²) in [6.45, 7) is 10.2. The zero-order chi connectivity index (χ0) is 18.2. The number of oxazole rings is 1.